The van der Waals surface area contributed by atoms with E-state index >= 15 is 0 Å². The number of nitro benzene ring substituents is 4. The molecule has 0 fully saturated rings. The van der Waals surface area contributed by atoms with Gasteiger partial charge in [0, 0.05) is 82.9 Å². The molecule has 23 nitrogen and oxygen atoms in total. The van der Waals surface area contributed by atoms with Crippen LogP contribution in [0.2, 0.25) is 0 Å². The van der Waals surface area contributed by atoms with Crippen molar-refractivity contribution < 1.29 is 24.1 Å². The molecule has 0 atom stereocenters. The van der Waals surface area contributed by atoms with Crippen molar-refractivity contribution in [1.29, 1.82) is 5.26 Å². The number of imidazole rings is 1. The highest BCUT2D eigenvalue weighted by Crippen LogP contribution is 2.28. The third-order valence-electron chi connectivity index (χ3n) is 10.7. The van der Waals surface area contributed by atoms with E-state index in [9.17, 15) is 44.8 Å². The molecule has 1 aromatic heterocycles. The Morgan fingerprint density at radius 2 is 0.956 bits per heavy atom. The fraction of sp³-hybridized carbons (Fsp3) is 0.438. The van der Waals surface area contributed by atoms with Crippen molar-refractivity contribution in [2.45, 2.75) is 85.1 Å². The number of rotatable bonds is 17. The van der Waals surface area contributed by atoms with Crippen LogP contribution in [0.25, 0.3) is 11.0 Å². The Kier molecular flexibility index (Phi) is 63.0. The van der Waals surface area contributed by atoms with Gasteiger partial charge in [-0.15, -0.1) is 6.42 Å². The number of nitrogen functional groups attached to an aromatic ring is 1. The van der Waals surface area contributed by atoms with Gasteiger partial charge in [-0.2, -0.15) is 9.65 Å². The topological polar surface area (TPSA) is 289 Å². The van der Waals surface area contributed by atoms with Gasteiger partial charge in [0.05, 0.1) is 43.8 Å². The third-order valence-corrected chi connectivity index (χ3v) is 11.7. The number of hydrogen-bond donors (Lipinski definition) is 4. The van der Waals surface area contributed by atoms with Gasteiger partial charge in [0.2, 0.25) is 11.8 Å². The lowest BCUT2D eigenvalue weighted by Crippen LogP contribution is -2.13. The Morgan fingerprint density at radius 1 is 0.582 bits per heavy atom. The van der Waals surface area contributed by atoms with E-state index in [4.69, 9.17) is 17.4 Å². The monoisotopic (exact) mass is 1470 g/mol. The fourth-order valence-corrected chi connectivity index (χ4v) is 7.35. The number of benzene rings is 5. The predicted molar refractivity (Wildman–Crippen MR) is 396 cm³/mol. The number of hydrogen-bond acceptors (Lipinski definition) is 18. The van der Waals surface area contributed by atoms with Gasteiger partial charge in [0.25, 0.3) is 17.1 Å². The summed E-state index contributed by atoms with van der Waals surface area (Å²) in [5.41, 5.74) is 12.5. The van der Waals surface area contributed by atoms with Crippen LogP contribution in [0.1, 0.15) is 88.9 Å². The van der Waals surface area contributed by atoms with Crippen LogP contribution in [0.15, 0.2) is 99.9 Å². The molecular weight excluding hydrogens is 1370 g/mol. The largest absolute Gasteiger partial charge is 0.383 e. The number of nitriles is 1. The Morgan fingerprint density at radius 3 is 1.34 bits per heavy atom. The predicted octanol–water partition coefficient (Wildman–Crippen LogP) is 16.4. The molecule has 91 heavy (non-hydrogen) atoms. The summed E-state index contributed by atoms with van der Waals surface area (Å²) in [5, 5.41) is 57.6. The second kappa shape index (κ2) is 56.2. The third kappa shape index (κ3) is 42.0. The lowest BCUT2D eigenvalue weighted by atomic mass is 10.1. The number of terminal acetylenes is 1. The maximum Gasteiger partial charge on any atom is 0.304 e. The average Bonchev–Trinajstić information content (AvgIpc) is 1.95. The van der Waals surface area contributed by atoms with E-state index in [0.29, 0.717) is 34.0 Å². The maximum atomic E-state index is 12.6. The molecule has 0 aliphatic carbocycles. The van der Waals surface area contributed by atoms with Gasteiger partial charge in [0.15, 0.2) is 0 Å². The maximum absolute atomic E-state index is 12.6. The summed E-state index contributed by atoms with van der Waals surface area (Å²) in [6.07, 6.45) is 9.19. The summed E-state index contributed by atoms with van der Waals surface area (Å²) < 4.78 is 15.9. The number of nitrogens with zero attached hydrogens (tertiary/aromatic N) is 11. The summed E-state index contributed by atoms with van der Waals surface area (Å²) in [4.78, 5) is 54.1. The van der Waals surface area contributed by atoms with E-state index in [1.807, 2.05) is 75.8 Å². The molecule has 27 heteroatoms. The minimum atomic E-state index is -0.829. The number of nitrogens with two attached hydrogens (primary N) is 1. The smallest absolute Gasteiger partial charge is 0.304 e. The summed E-state index contributed by atoms with van der Waals surface area (Å²) in [7, 11) is 23.0. The molecule has 6 rings (SSSR count). The van der Waals surface area contributed by atoms with Gasteiger partial charge in [-0.05, 0) is 161 Å². The molecule has 0 saturated heterocycles. The number of aryl methyl sites for hydroxylation is 3. The highest BCUT2D eigenvalue weighted by molar-refractivity contribution is 9.12. The summed E-state index contributed by atoms with van der Waals surface area (Å²) in [5.74, 6) is 8.18. The number of halogens is 4. The second-order valence-corrected chi connectivity index (χ2v) is 20.5. The molecule has 5 aromatic carbocycles. The van der Waals surface area contributed by atoms with Crippen molar-refractivity contribution in [1.82, 2.24) is 29.2 Å². The fourth-order valence-electron chi connectivity index (χ4n) is 6.66. The SMILES string of the molecule is C.C.C.C.C.C.C.C.C#CCN(C)C.CN(C)CCCc1ccc2nc(N)n(C)c2c1.CNc1cc(Br)ccc1[N+](=O)[O-].CNc1cc(C#CCN(C)C)ccc1[N+](=O)[O-].CNc1cc(CCCN(C)C)ccc1[N+](=O)[O-].N#CBr.O=[N+]([O-])c1ccc(Br)cc1F. The molecular formula is C64H105Br3FN15O8. The first-order valence-electron chi connectivity index (χ1n) is 25.0. The van der Waals surface area contributed by atoms with Crippen LogP contribution in [0.3, 0.4) is 0 Å². The molecule has 5 N–H and O–H groups in total. The first-order valence-corrected chi connectivity index (χ1v) is 27.3. The second-order valence-electron chi connectivity index (χ2n) is 18.4. The van der Waals surface area contributed by atoms with Gasteiger partial charge in [-0.3, -0.25) is 50.3 Å². The summed E-state index contributed by atoms with van der Waals surface area (Å²) in [6.45, 7) is 3.53. The van der Waals surface area contributed by atoms with E-state index in [2.05, 4.69) is 129 Å². The van der Waals surface area contributed by atoms with E-state index in [0.717, 1.165) is 77.7 Å². The highest BCUT2D eigenvalue weighted by atomic mass is 79.9. The first-order chi connectivity index (χ1) is 39.1. The Labute approximate surface area is 569 Å². The van der Waals surface area contributed by atoms with E-state index in [-0.39, 0.29) is 81.4 Å². The number of nitro groups is 4. The zero-order valence-corrected chi connectivity index (χ0v) is 53.4. The molecule has 0 saturated carbocycles. The zero-order valence-electron chi connectivity index (χ0n) is 48.7. The minimum absolute atomic E-state index is 0. The molecule has 512 valence electrons. The Hall–Kier alpha value is -7.81. The van der Waals surface area contributed by atoms with E-state index in [1.54, 1.807) is 56.5 Å². The quantitative estimate of drug-likeness (QED) is 0.0375. The number of aromatic nitrogens is 2. The number of fused-ring (bicyclic) bond motifs is 1. The Balaban J connectivity index is -0.000000126. The van der Waals surface area contributed by atoms with Crippen molar-refractivity contribution >= 4 is 105 Å². The van der Waals surface area contributed by atoms with Gasteiger partial charge in [-0.1, -0.05) is 121 Å². The average molecular weight is 1470 g/mol. The van der Waals surface area contributed by atoms with Crippen molar-refractivity contribution in [2.75, 3.05) is 125 Å². The van der Waals surface area contributed by atoms with Crippen molar-refractivity contribution in [3.05, 3.63) is 163 Å². The summed E-state index contributed by atoms with van der Waals surface area (Å²) in [6, 6.07) is 24.8. The molecule has 0 aliphatic heterocycles. The van der Waals surface area contributed by atoms with Crippen LogP contribution in [0.5, 0.6) is 0 Å². The lowest BCUT2D eigenvalue weighted by molar-refractivity contribution is -0.387. The zero-order chi connectivity index (χ0) is 63.4. The van der Waals surface area contributed by atoms with Crippen molar-refractivity contribution in [2.24, 2.45) is 7.05 Å². The molecule has 0 unspecified atom stereocenters. The normalized spacial score (nSPS) is 8.99. The molecule has 0 spiro atoms. The van der Waals surface area contributed by atoms with Crippen molar-refractivity contribution in [3.63, 3.8) is 0 Å². The molecule has 0 amide bonds. The summed E-state index contributed by atoms with van der Waals surface area (Å²) >= 11 is 8.66. The van der Waals surface area contributed by atoms with Crippen LogP contribution in [0.4, 0.5) is 50.2 Å². The molecule has 0 bridgehead atoms. The number of nitrogens with one attached hydrogen (secondary N) is 3. The molecule has 6 aromatic rings. The highest BCUT2D eigenvalue weighted by Gasteiger charge is 2.15. The molecule has 0 aliphatic rings. The standard InChI is InChI=1S/C13H20N4.C12H19N3O2.C12H15N3O2.C7H7BrN2O2.C6H3BrFNO2.C5H9N.CBrN.8CH4/c1-16(2)8-4-5-10-6-7-11-12(9-10)17(3)13(14)15-11;2*1-13-11-9-10(5-4-8-14(2)3)6-7-12(11)15(16)17;1-9-6-4-5(8)2-3-7(6)10(11)12;7-4-1-2-6(9(10)11)5(8)3-4;1-4-5-6(2)3;2-1-3;;;;;;;;/h6-7,9H,4-5,8H2,1-3H3,(H2,14,15);6-7,9,13H,4-5,8H2,1-3H3;6-7,9,13H,8H2,1-3H3;2-4,9H,1H3;1-3H;1H,5H2,2-3H3;;8*1H4. The van der Waals surface area contributed by atoms with Crippen molar-refractivity contribution in [3.8, 4) is 29.2 Å². The first kappa shape index (κ1) is 102. The van der Waals surface area contributed by atoms with Gasteiger partial charge >= 0.3 is 5.69 Å². The lowest BCUT2D eigenvalue weighted by Gasteiger charge is -2.09. The van der Waals surface area contributed by atoms with Gasteiger partial charge < -0.3 is 36.1 Å². The molecule has 0 radical (unpaired) electrons. The van der Waals surface area contributed by atoms with Gasteiger partial charge in [-0.25, -0.2) is 4.98 Å². The van der Waals surface area contributed by atoms with Crippen LogP contribution in [-0.4, -0.2) is 153 Å². The minimum Gasteiger partial charge on any atom is -0.383 e. The van der Waals surface area contributed by atoms with E-state index in [1.165, 1.54) is 30.2 Å². The Bertz CT molecular complexity index is 3180. The van der Waals surface area contributed by atoms with Crippen LogP contribution >= 0.6 is 47.8 Å². The van der Waals surface area contributed by atoms with E-state index < -0.39 is 26.3 Å². The van der Waals surface area contributed by atoms with Crippen LogP contribution in [-0.2, 0) is 19.9 Å². The molecule has 1 heterocycles. The van der Waals surface area contributed by atoms with Crippen LogP contribution in [0, 0.1) is 80.7 Å². The number of anilines is 4. The van der Waals surface area contributed by atoms with Crippen LogP contribution < -0.4 is 21.7 Å². The van der Waals surface area contributed by atoms with Gasteiger partial charge in [0.1, 0.15) is 22.0 Å².